The number of rotatable bonds is 13. The molecule has 0 saturated carbocycles. The van der Waals surface area contributed by atoms with E-state index in [1.165, 1.54) is 5.56 Å². The Balaban J connectivity index is 0.000000185. The Morgan fingerprint density at radius 3 is 1.38 bits per heavy atom. The molecular formula is C66H60I4N9O2-. The van der Waals surface area contributed by atoms with Crippen molar-refractivity contribution in [2.45, 2.75) is 66.5 Å². The number of benzene rings is 8. The molecule has 0 unspecified atom stereocenters. The van der Waals surface area contributed by atoms with E-state index in [1.807, 2.05) is 72.8 Å². The summed E-state index contributed by atoms with van der Waals surface area (Å²) in [5, 5.41) is 19.1. The molecule has 0 radical (unpaired) electrons. The van der Waals surface area contributed by atoms with Crippen molar-refractivity contribution in [1.82, 2.24) is 38.2 Å². The summed E-state index contributed by atoms with van der Waals surface area (Å²) in [6, 6.07) is 59.2. The summed E-state index contributed by atoms with van der Waals surface area (Å²) >= 11 is 5.30. The van der Waals surface area contributed by atoms with E-state index < -0.39 is 5.97 Å². The molecule has 15 heteroatoms. The Labute approximate surface area is 519 Å². The van der Waals surface area contributed by atoms with Gasteiger partial charge in [0.15, 0.2) is 0 Å². The van der Waals surface area contributed by atoms with E-state index in [-0.39, 0.29) is 24.0 Å². The van der Waals surface area contributed by atoms with Crippen molar-refractivity contribution in [3.8, 4) is 51.1 Å². The fourth-order valence-electron chi connectivity index (χ4n) is 10.8. The van der Waals surface area contributed by atoms with E-state index in [4.69, 9.17) is 19.9 Å². The van der Waals surface area contributed by atoms with E-state index >= 15 is 0 Å². The number of carboxylic acid groups (broad SMARTS) is 1. The van der Waals surface area contributed by atoms with Gasteiger partial charge in [0.25, 0.3) is 0 Å². The summed E-state index contributed by atoms with van der Waals surface area (Å²) in [6.07, 6.45) is 3.85. The van der Waals surface area contributed by atoms with Crippen molar-refractivity contribution in [2.24, 2.45) is 14.1 Å². The SMILES string of the molecule is CCCc1nc2c(C)cc(-c3nc4ccccc4n3C)cc2n1Cc1ccc(-c2ccccc2C#N)cc1.CCCc1nc2c(C)cc(-c3nc4ccccc4n3C)cc2n1Cc1ccc(-c2ccccc2C(=O)O)cc1.I.I[I-]I. The van der Waals surface area contributed by atoms with Gasteiger partial charge in [0, 0.05) is 51.2 Å². The maximum atomic E-state index is 11.7. The number of aromatic nitrogens is 8. The van der Waals surface area contributed by atoms with Gasteiger partial charge in [0.2, 0.25) is 0 Å². The number of aryl methyl sites for hydroxylation is 6. The van der Waals surface area contributed by atoms with Crippen LogP contribution in [0, 0.1) is 25.2 Å². The van der Waals surface area contributed by atoms with Gasteiger partial charge in [-0.1, -0.05) is 123 Å². The summed E-state index contributed by atoms with van der Waals surface area (Å²) in [7, 11) is 4.14. The third-order valence-electron chi connectivity index (χ3n) is 14.7. The number of aromatic carboxylic acids is 1. The van der Waals surface area contributed by atoms with Gasteiger partial charge in [-0.3, -0.25) is 0 Å². The second-order valence-corrected chi connectivity index (χ2v) is 36.2. The minimum atomic E-state index is -0.921. The van der Waals surface area contributed by atoms with Crippen molar-refractivity contribution >= 4 is 111 Å². The molecule has 0 bridgehead atoms. The predicted octanol–water partition coefficient (Wildman–Crippen LogP) is 14.1. The molecule has 0 aliphatic carbocycles. The number of fused-ring (bicyclic) bond motifs is 4. The number of hydrogen-bond donors (Lipinski definition) is 1. The van der Waals surface area contributed by atoms with Gasteiger partial charge in [0.1, 0.15) is 23.3 Å². The molecule has 4 heterocycles. The molecule has 0 fully saturated rings. The Bertz CT molecular complexity index is 4260. The molecule has 12 rings (SSSR count). The van der Waals surface area contributed by atoms with Crippen LogP contribution in [0.4, 0.5) is 0 Å². The number of carboxylic acids is 1. The molecule has 0 atom stereocenters. The first-order valence-electron chi connectivity index (χ1n) is 26.6. The Kier molecular flexibility index (Phi) is 19.4. The first kappa shape index (κ1) is 59.2. The number of imidazole rings is 4. The zero-order valence-corrected chi connectivity index (χ0v) is 54.6. The van der Waals surface area contributed by atoms with Crippen LogP contribution < -0.4 is 13.3 Å². The van der Waals surface area contributed by atoms with Gasteiger partial charge in [-0.25, -0.2) is 24.7 Å². The van der Waals surface area contributed by atoms with Gasteiger partial charge in [-0.15, -0.1) is 24.0 Å². The van der Waals surface area contributed by atoms with E-state index in [9.17, 15) is 15.2 Å². The van der Waals surface area contributed by atoms with Crippen LogP contribution in [-0.4, -0.2) is 49.3 Å². The minimum absolute atomic E-state index is 0. The Hall–Kier alpha value is -6.48. The van der Waals surface area contributed by atoms with E-state index in [0.29, 0.717) is 30.9 Å². The zero-order valence-electron chi connectivity index (χ0n) is 45.8. The Morgan fingerprint density at radius 1 is 0.543 bits per heavy atom. The van der Waals surface area contributed by atoms with E-state index in [2.05, 4.69) is 188 Å². The summed E-state index contributed by atoms with van der Waals surface area (Å²) in [5.41, 5.74) is 19.9. The van der Waals surface area contributed by atoms with Crippen LogP contribution in [-0.2, 0) is 40.0 Å². The average Bonchev–Trinajstić information content (AvgIpc) is 4.18. The molecule has 1 N–H and O–H groups in total. The number of nitrogens with zero attached hydrogens (tertiary/aromatic N) is 9. The molecule has 0 saturated heterocycles. The van der Waals surface area contributed by atoms with Gasteiger partial charge in [-0.2, -0.15) is 5.26 Å². The maximum absolute atomic E-state index is 11.7. The third-order valence-corrected chi connectivity index (χ3v) is 14.7. The second kappa shape index (κ2) is 26.6. The van der Waals surface area contributed by atoms with Crippen LogP contribution in [0.25, 0.3) is 89.2 Å². The summed E-state index contributed by atoms with van der Waals surface area (Å²) in [4.78, 5) is 31.7. The number of para-hydroxylation sites is 4. The fraction of sp³-hybridized carbons (Fsp3) is 0.182. The topological polar surface area (TPSA) is 132 Å². The fourth-order valence-corrected chi connectivity index (χ4v) is 10.8. The van der Waals surface area contributed by atoms with E-state index in [0.717, 1.165) is 150 Å². The van der Waals surface area contributed by atoms with Crippen LogP contribution in [0.3, 0.4) is 0 Å². The van der Waals surface area contributed by atoms with Gasteiger partial charge < -0.3 is 23.4 Å². The first-order chi connectivity index (χ1) is 38.9. The molecule has 12 aromatic rings. The first-order valence-corrected chi connectivity index (χ1v) is 39.2. The van der Waals surface area contributed by atoms with Crippen molar-refractivity contribution in [3.63, 3.8) is 0 Å². The number of nitriles is 1. The standard InChI is InChI=1S/C33H29N5.C33H30N4O2.I3.HI/c1-4-9-31-36-32-22(2)18-26(33-35-28-12-7-8-13-29(28)37(33)3)19-30(32)38(31)21-23-14-16-24(17-15-23)27-11-6-5-10-25(27)20-34;1-4-9-30-35-31-21(2)18-24(32-34-27-12-7-8-13-28(27)36(32)3)19-29(31)37(30)20-22-14-16-23(17-15-22)25-10-5-6-11-26(25)33(38)39;1-3-2;/h5-8,10-19H,4,9,21H2,1-3H3;5-8,10-19H,4,9,20H2,1-3H3,(H,38,39);;1H/q;;-1;. The Morgan fingerprint density at radius 2 is 0.951 bits per heavy atom. The monoisotopic (exact) mass is 1520 g/mol. The third kappa shape index (κ3) is 12.5. The second-order valence-electron chi connectivity index (χ2n) is 20.0. The van der Waals surface area contributed by atoms with Crippen molar-refractivity contribution in [1.29, 1.82) is 5.26 Å². The van der Waals surface area contributed by atoms with Crippen molar-refractivity contribution < 1.29 is 23.2 Å². The zero-order chi connectivity index (χ0) is 56.0. The van der Waals surface area contributed by atoms with Crippen LogP contribution in [0.2, 0.25) is 0 Å². The number of carbonyl (C=O) groups is 1. The summed E-state index contributed by atoms with van der Waals surface area (Å²) in [6.45, 7) is 10.0. The van der Waals surface area contributed by atoms with Gasteiger partial charge in [0.05, 0.1) is 61.3 Å². The van der Waals surface area contributed by atoms with Crippen LogP contribution in [0.5, 0.6) is 0 Å². The molecular weight excluding hydrogens is 1460 g/mol. The molecule has 410 valence electrons. The summed E-state index contributed by atoms with van der Waals surface area (Å²) < 4.78 is 8.99. The van der Waals surface area contributed by atoms with Crippen molar-refractivity contribution in [3.05, 3.63) is 215 Å². The number of hydrogen-bond acceptors (Lipinski definition) is 6. The predicted molar refractivity (Wildman–Crippen MR) is 353 cm³/mol. The van der Waals surface area contributed by atoms with Gasteiger partial charge >= 0.3 is 56.5 Å². The molecule has 8 aromatic carbocycles. The molecule has 0 amide bonds. The van der Waals surface area contributed by atoms with Crippen LogP contribution in [0.15, 0.2) is 170 Å². The molecule has 11 nitrogen and oxygen atoms in total. The van der Waals surface area contributed by atoms with Crippen LogP contribution in [0.1, 0.15) is 76.5 Å². The molecule has 0 spiro atoms. The van der Waals surface area contributed by atoms with Gasteiger partial charge in [-0.05, 0) is 132 Å². The molecule has 4 aromatic heterocycles. The normalized spacial score (nSPS) is 11.1. The molecule has 81 heavy (non-hydrogen) atoms. The molecule has 0 aliphatic rings. The van der Waals surface area contributed by atoms with E-state index in [1.54, 1.807) is 12.1 Å². The average molecular weight is 1520 g/mol. The number of halogens is 4. The van der Waals surface area contributed by atoms with Crippen LogP contribution >= 0.6 is 61.2 Å². The molecule has 0 aliphatic heterocycles. The summed E-state index contributed by atoms with van der Waals surface area (Å²) in [5.74, 6) is 3.15. The van der Waals surface area contributed by atoms with Crippen molar-refractivity contribution in [2.75, 3.05) is 0 Å². The quantitative estimate of drug-likeness (QED) is 0.114.